The van der Waals surface area contributed by atoms with Gasteiger partial charge in [0.1, 0.15) is 12.4 Å². The van der Waals surface area contributed by atoms with Crippen molar-refractivity contribution in [2.75, 3.05) is 32.8 Å². The standard InChI is InChI=1S/C13H24N4O2/c1-11(2)18-7-4-5-17-6-8-19-12(9-17)13-15-14-10-16(13)3/h10-12H,4-9H2,1-3H3/t12-/m0/s1. The maximum atomic E-state index is 5.78. The molecule has 108 valence electrons. The zero-order valence-electron chi connectivity index (χ0n) is 12.1. The fraction of sp³-hybridized carbons (Fsp3) is 0.846. The molecular formula is C13H24N4O2. The van der Waals surface area contributed by atoms with Crippen LogP contribution >= 0.6 is 0 Å². The second kappa shape index (κ2) is 6.98. The molecule has 19 heavy (non-hydrogen) atoms. The third-order valence-corrected chi connectivity index (χ3v) is 3.25. The molecule has 1 aliphatic heterocycles. The topological polar surface area (TPSA) is 52.4 Å². The van der Waals surface area contributed by atoms with Crippen molar-refractivity contribution in [3.05, 3.63) is 12.2 Å². The van der Waals surface area contributed by atoms with Crippen molar-refractivity contribution in [2.24, 2.45) is 7.05 Å². The van der Waals surface area contributed by atoms with Gasteiger partial charge in [-0.3, -0.25) is 4.90 Å². The van der Waals surface area contributed by atoms with Crippen LogP contribution in [-0.4, -0.2) is 58.6 Å². The van der Waals surface area contributed by atoms with E-state index in [0.717, 1.165) is 45.1 Å². The molecule has 1 aliphatic rings. The molecule has 1 aromatic heterocycles. The molecule has 0 radical (unpaired) electrons. The van der Waals surface area contributed by atoms with Crippen molar-refractivity contribution in [3.63, 3.8) is 0 Å². The molecule has 1 atom stereocenters. The van der Waals surface area contributed by atoms with Crippen LogP contribution in [0, 0.1) is 0 Å². The van der Waals surface area contributed by atoms with Gasteiger partial charge in [-0.15, -0.1) is 10.2 Å². The SMILES string of the molecule is CC(C)OCCCN1CCO[C@H](c2nncn2C)C1. The van der Waals surface area contributed by atoms with Gasteiger partial charge >= 0.3 is 0 Å². The van der Waals surface area contributed by atoms with Crippen LogP contribution in [0.25, 0.3) is 0 Å². The minimum absolute atomic E-state index is 0.0345. The van der Waals surface area contributed by atoms with E-state index in [-0.39, 0.29) is 6.10 Å². The highest BCUT2D eigenvalue weighted by molar-refractivity contribution is 4.93. The van der Waals surface area contributed by atoms with Crippen LogP contribution in [0.3, 0.4) is 0 Å². The summed E-state index contributed by atoms with van der Waals surface area (Å²) in [6.07, 6.45) is 3.13. The van der Waals surface area contributed by atoms with Crippen LogP contribution in [0.5, 0.6) is 0 Å². The summed E-state index contributed by atoms with van der Waals surface area (Å²) in [5, 5.41) is 8.04. The molecule has 0 amide bonds. The molecule has 6 nitrogen and oxygen atoms in total. The quantitative estimate of drug-likeness (QED) is 0.721. The monoisotopic (exact) mass is 268 g/mol. The van der Waals surface area contributed by atoms with Gasteiger partial charge in [-0.1, -0.05) is 0 Å². The lowest BCUT2D eigenvalue weighted by Crippen LogP contribution is -2.40. The fourth-order valence-corrected chi connectivity index (χ4v) is 2.25. The summed E-state index contributed by atoms with van der Waals surface area (Å²) in [6, 6.07) is 0. The van der Waals surface area contributed by atoms with E-state index in [1.165, 1.54) is 0 Å². The summed E-state index contributed by atoms with van der Waals surface area (Å²) in [4.78, 5) is 2.41. The molecule has 1 saturated heterocycles. The molecule has 1 fully saturated rings. The molecule has 0 N–H and O–H groups in total. The van der Waals surface area contributed by atoms with E-state index in [9.17, 15) is 0 Å². The van der Waals surface area contributed by atoms with Gasteiger partial charge in [-0.2, -0.15) is 0 Å². The molecule has 1 aromatic rings. The average Bonchev–Trinajstić information content (AvgIpc) is 2.81. The Morgan fingerprint density at radius 3 is 3.05 bits per heavy atom. The number of aryl methyl sites for hydroxylation is 1. The minimum atomic E-state index is 0.0345. The van der Waals surface area contributed by atoms with Crippen molar-refractivity contribution in [3.8, 4) is 0 Å². The molecule has 0 aromatic carbocycles. The Morgan fingerprint density at radius 2 is 2.37 bits per heavy atom. The van der Waals surface area contributed by atoms with Crippen molar-refractivity contribution < 1.29 is 9.47 Å². The predicted molar refractivity (Wildman–Crippen MR) is 71.8 cm³/mol. The Morgan fingerprint density at radius 1 is 1.53 bits per heavy atom. The van der Waals surface area contributed by atoms with Gasteiger partial charge in [0, 0.05) is 33.3 Å². The Bertz CT molecular complexity index is 380. The van der Waals surface area contributed by atoms with Crippen LogP contribution in [-0.2, 0) is 16.5 Å². The number of rotatable bonds is 6. The molecule has 0 aliphatic carbocycles. The number of ether oxygens (including phenoxy) is 2. The van der Waals surface area contributed by atoms with E-state index in [4.69, 9.17) is 9.47 Å². The molecule has 0 bridgehead atoms. The van der Waals surface area contributed by atoms with E-state index < -0.39 is 0 Å². The first-order valence-corrected chi connectivity index (χ1v) is 6.96. The van der Waals surface area contributed by atoms with Gasteiger partial charge in [0.2, 0.25) is 0 Å². The number of morpholine rings is 1. The van der Waals surface area contributed by atoms with Gasteiger partial charge in [0.15, 0.2) is 5.82 Å². The lowest BCUT2D eigenvalue weighted by atomic mass is 10.2. The maximum absolute atomic E-state index is 5.78. The van der Waals surface area contributed by atoms with E-state index in [0.29, 0.717) is 6.10 Å². The first kappa shape index (κ1) is 14.4. The maximum Gasteiger partial charge on any atom is 0.163 e. The van der Waals surface area contributed by atoms with Crippen molar-refractivity contribution in [1.29, 1.82) is 0 Å². The smallest absolute Gasteiger partial charge is 0.163 e. The van der Waals surface area contributed by atoms with Crippen LogP contribution in [0.4, 0.5) is 0 Å². The normalized spacial score (nSPS) is 21.2. The Hall–Kier alpha value is -0.980. The zero-order valence-corrected chi connectivity index (χ0v) is 12.1. The summed E-state index contributed by atoms with van der Waals surface area (Å²) in [5.41, 5.74) is 0. The first-order valence-electron chi connectivity index (χ1n) is 6.96. The molecule has 0 saturated carbocycles. The fourth-order valence-electron chi connectivity index (χ4n) is 2.25. The summed E-state index contributed by atoms with van der Waals surface area (Å²) < 4.78 is 13.3. The van der Waals surface area contributed by atoms with Gasteiger partial charge in [-0.25, -0.2) is 0 Å². The molecule has 6 heteroatoms. The summed E-state index contributed by atoms with van der Waals surface area (Å²) in [5.74, 6) is 0.906. The lowest BCUT2D eigenvalue weighted by Gasteiger charge is -2.32. The molecule has 0 unspecified atom stereocenters. The number of nitrogens with zero attached hydrogens (tertiary/aromatic N) is 4. The molecular weight excluding hydrogens is 244 g/mol. The molecule has 2 heterocycles. The summed E-state index contributed by atoms with van der Waals surface area (Å²) in [6.45, 7) is 8.62. The van der Waals surface area contributed by atoms with Gasteiger partial charge in [0.05, 0.1) is 12.7 Å². The second-order valence-electron chi connectivity index (χ2n) is 5.23. The van der Waals surface area contributed by atoms with Gasteiger partial charge in [-0.05, 0) is 20.3 Å². The first-order chi connectivity index (χ1) is 9.16. The Labute approximate surface area is 114 Å². The Balaban J connectivity index is 1.76. The van der Waals surface area contributed by atoms with E-state index >= 15 is 0 Å². The third kappa shape index (κ3) is 4.26. The van der Waals surface area contributed by atoms with Crippen molar-refractivity contribution in [2.45, 2.75) is 32.5 Å². The predicted octanol–water partition coefficient (Wildman–Crippen LogP) is 1.00. The number of hydrogen-bond acceptors (Lipinski definition) is 5. The third-order valence-electron chi connectivity index (χ3n) is 3.25. The van der Waals surface area contributed by atoms with Crippen LogP contribution in [0.2, 0.25) is 0 Å². The van der Waals surface area contributed by atoms with E-state index in [2.05, 4.69) is 28.9 Å². The second-order valence-corrected chi connectivity index (χ2v) is 5.23. The van der Waals surface area contributed by atoms with Crippen molar-refractivity contribution >= 4 is 0 Å². The van der Waals surface area contributed by atoms with Crippen LogP contribution in [0.15, 0.2) is 6.33 Å². The van der Waals surface area contributed by atoms with Gasteiger partial charge in [0.25, 0.3) is 0 Å². The minimum Gasteiger partial charge on any atom is -0.379 e. The largest absolute Gasteiger partial charge is 0.379 e. The molecule has 0 spiro atoms. The Kier molecular flexibility index (Phi) is 5.30. The summed E-state index contributed by atoms with van der Waals surface area (Å²) >= 11 is 0. The zero-order chi connectivity index (χ0) is 13.7. The summed E-state index contributed by atoms with van der Waals surface area (Å²) in [7, 11) is 1.95. The number of hydrogen-bond donors (Lipinski definition) is 0. The highest BCUT2D eigenvalue weighted by Gasteiger charge is 2.24. The van der Waals surface area contributed by atoms with Crippen LogP contribution < -0.4 is 0 Å². The highest BCUT2D eigenvalue weighted by atomic mass is 16.5. The van der Waals surface area contributed by atoms with Gasteiger partial charge < -0.3 is 14.0 Å². The van der Waals surface area contributed by atoms with Crippen molar-refractivity contribution in [1.82, 2.24) is 19.7 Å². The number of aromatic nitrogens is 3. The van der Waals surface area contributed by atoms with E-state index in [1.54, 1.807) is 6.33 Å². The highest BCUT2D eigenvalue weighted by Crippen LogP contribution is 2.19. The average molecular weight is 268 g/mol. The molecule has 2 rings (SSSR count). The van der Waals surface area contributed by atoms with Crippen LogP contribution in [0.1, 0.15) is 32.2 Å². The lowest BCUT2D eigenvalue weighted by molar-refractivity contribution is -0.0387. The van der Waals surface area contributed by atoms with E-state index in [1.807, 2.05) is 11.6 Å².